The van der Waals surface area contributed by atoms with Gasteiger partial charge in [-0.1, -0.05) is 18.2 Å². The molecule has 0 heterocycles. The first kappa shape index (κ1) is 8.62. The van der Waals surface area contributed by atoms with Gasteiger partial charge in [0.1, 0.15) is 12.9 Å². The molecule has 0 fully saturated rings. The van der Waals surface area contributed by atoms with Crippen LogP contribution in [0.15, 0.2) is 35.2 Å². The number of benzene rings is 1. The van der Waals surface area contributed by atoms with E-state index in [1.807, 2.05) is 25.1 Å². The highest BCUT2D eigenvalue weighted by atomic mass is 32.2. The van der Waals surface area contributed by atoms with Gasteiger partial charge in [0, 0.05) is 0 Å². The summed E-state index contributed by atoms with van der Waals surface area (Å²) in [6.45, 7) is 2.81. The van der Waals surface area contributed by atoms with Crippen LogP contribution >= 0.6 is 0 Å². The Balaban J connectivity index is 2.61. The predicted molar refractivity (Wildman–Crippen MR) is 49.6 cm³/mol. The SMILES string of the molecule is CCO[S+](C)c1ccccc1. The molecule has 0 saturated heterocycles. The average molecular weight is 169 g/mol. The van der Waals surface area contributed by atoms with E-state index in [-0.39, 0.29) is 11.2 Å². The summed E-state index contributed by atoms with van der Waals surface area (Å²) < 4.78 is 5.46. The second kappa shape index (κ2) is 4.42. The van der Waals surface area contributed by atoms with Crippen molar-refractivity contribution in [2.24, 2.45) is 0 Å². The van der Waals surface area contributed by atoms with Gasteiger partial charge in [-0.25, -0.2) is 0 Å². The molecule has 1 aromatic rings. The minimum absolute atomic E-state index is 0.0334. The van der Waals surface area contributed by atoms with Crippen LogP contribution < -0.4 is 0 Å². The monoisotopic (exact) mass is 169 g/mol. The van der Waals surface area contributed by atoms with Gasteiger partial charge in [0.05, 0.1) is 0 Å². The summed E-state index contributed by atoms with van der Waals surface area (Å²) >= 11 is -0.0334. The van der Waals surface area contributed by atoms with Crippen molar-refractivity contribution in [2.45, 2.75) is 11.8 Å². The molecule has 0 bridgehead atoms. The zero-order valence-corrected chi connectivity index (χ0v) is 7.73. The van der Waals surface area contributed by atoms with Crippen molar-refractivity contribution in [2.75, 3.05) is 12.9 Å². The van der Waals surface area contributed by atoms with Crippen molar-refractivity contribution in [1.29, 1.82) is 0 Å². The van der Waals surface area contributed by atoms with Crippen LogP contribution in [-0.4, -0.2) is 12.9 Å². The van der Waals surface area contributed by atoms with E-state index in [0.29, 0.717) is 0 Å². The lowest BCUT2D eigenvalue weighted by Crippen LogP contribution is -2.03. The molecule has 1 unspecified atom stereocenters. The summed E-state index contributed by atoms with van der Waals surface area (Å²) in [5.74, 6) is 0. The van der Waals surface area contributed by atoms with Gasteiger partial charge in [-0.3, -0.25) is 0 Å². The second-order valence-electron chi connectivity index (χ2n) is 2.17. The predicted octanol–water partition coefficient (Wildman–Crippen LogP) is 2.25. The van der Waals surface area contributed by atoms with Crippen LogP contribution in [0.2, 0.25) is 0 Å². The highest BCUT2D eigenvalue weighted by Gasteiger charge is 2.14. The van der Waals surface area contributed by atoms with Gasteiger partial charge in [-0.2, -0.15) is 4.18 Å². The second-order valence-corrected chi connectivity index (χ2v) is 3.79. The minimum atomic E-state index is -0.0334. The van der Waals surface area contributed by atoms with E-state index in [0.717, 1.165) is 6.61 Å². The van der Waals surface area contributed by atoms with Crippen LogP contribution in [0.4, 0.5) is 0 Å². The Labute approximate surface area is 70.9 Å². The molecule has 0 aliphatic carbocycles. The van der Waals surface area contributed by atoms with E-state index < -0.39 is 0 Å². The molecule has 0 amide bonds. The molecule has 0 aliphatic heterocycles. The first-order valence-corrected chi connectivity index (χ1v) is 5.24. The molecule has 2 heteroatoms. The Morgan fingerprint density at radius 3 is 2.45 bits per heavy atom. The maximum Gasteiger partial charge on any atom is 0.189 e. The van der Waals surface area contributed by atoms with Gasteiger partial charge in [0.25, 0.3) is 0 Å². The highest BCUT2D eigenvalue weighted by molar-refractivity contribution is 7.91. The van der Waals surface area contributed by atoms with Gasteiger partial charge >= 0.3 is 0 Å². The van der Waals surface area contributed by atoms with Gasteiger partial charge < -0.3 is 0 Å². The molecular weight excluding hydrogens is 156 g/mol. The molecule has 0 radical (unpaired) electrons. The quantitative estimate of drug-likeness (QED) is 0.631. The molecule has 1 atom stereocenters. The van der Waals surface area contributed by atoms with E-state index in [4.69, 9.17) is 4.18 Å². The Hall–Kier alpha value is -0.470. The van der Waals surface area contributed by atoms with Crippen molar-refractivity contribution < 1.29 is 4.18 Å². The van der Waals surface area contributed by atoms with Crippen LogP contribution in [0.1, 0.15) is 6.92 Å². The Morgan fingerprint density at radius 1 is 1.27 bits per heavy atom. The van der Waals surface area contributed by atoms with E-state index in [1.54, 1.807) is 0 Å². The van der Waals surface area contributed by atoms with Crippen molar-refractivity contribution in [3.8, 4) is 0 Å². The van der Waals surface area contributed by atoms with Gasteiger partial charge in [-0.15, -0.1) is 0 Å². The van der Waals surface area contributed by atoms with Crippen LogP contribution in [0.5, 0.6) is 0 Å². The molecule has 60 valence electrons. The van der Waals surface area contributed by atoms with Crippen LogP contribution in [0.25, 0.3) is 0 Å². The standard InChI is InChI=1S/C9H13OS/c1-3-10-11(2)9-7-5-4-6-8-9/h4-8H,3H2,1-2H3/q+1. The van der Waals surface area contributed by atoms with Crippen molar-refractivity contribution in [3.05, 3.63) is 30.3 Å². The number of hydrogen-bond donors (Lipinski definition) is 0. The number of hydrogen-bond acceptors (Lipinski definition) is 1. The summed E-state index contributed by atoms with van der Waals surface area (Å²) in [5.41, 5.74) is 0. The van der Waals surface area contributed by atoms with E-state index >= 15 is 0 Å². The van der Waals surface area contributed by atoms with E-state index in [1.165, 1.54) is 4.90 Å². The summed E-state index contributed by atoms with van der Waals surface area (Å²) in [6.07, 6.45) is 2.10. The average Bonchev–Trinajstić information content (AvgIpc) is 2.07. The molecule has 1 aromatic carbocycles. The lowest BCUT2D eigenvalue weighted by molar-refractivity contribution is 0.390. The fourth-order valence-electron chi connectivity index (χ4n) is 0.857. The summed E-state index contributed by atoms with van der Waals surface area (Å²) in [6, 6.07) is 10.3. The zero-order chi connectivity index (χ0) is 8.10. The van der Waals surface area contributed by atoms with Crippen LogP contribution in [-0.2, 0) is 15.4 Å². The van der Waals surface area contributed by atoms with E-state index in [9.17, 15) is 0 Å². The fraction of sp³-hybridized carbons (Fsp3) is 0.333. The third kappa shape index (κ3) is 2.56. The Morgan fingerprint density at radius 2 is 1.91 bits per heavy atom. The normalized spacial score (nSPS) is 12.9. The molecular formula is C9H13OS+. The van der Waals surface area contributed by atoms with Gasteiger partial charge in [-0.05, 0) is 19.1 Å². The van der Waals surface area contributed by atoms with Gasteiger partial charge in [0.2, 0.25) is 0 Å². The van der Waals surface area contributed by atoms with Crippen molar-refractivity contribution in [3.63, 3.8) is 0 Å². The molecule has 0 aromatic heterocycles. The first-order chi connectivity index (χ1) is 5.34. The topological polar surface area (TPSA) is 9.23 Å². The third-order valence-electron chi connectivity index (χ3n) is 1.37. The summed E-state index contributed by atoms with van der Waals surface area (Å²) in [5, 5.41) is 0. The molecule has 0 aliphatic rings. The van der Waals surface area contributed by atoms with Crippen LogP contribution in [0.3, 0.4) is 0 Å². The van der Waals surface area contributed by atoms with Gasteiger partial charge in [0.15, 0.2) is 16.1 Å². The lowest BCUT2D eigenvalue weighted by atomic mass is 10.4. The molecule has 11 heavy (non-hydrogen) atoms. The largest absolute Gasteiger partial charge is 0.189 e. The molecule has 1 nitrogen and oxygen atoms in total. The maximum absolute atomic E-state index is 5.46. The van der Waals surface area contributed by atoms with Crippen molar-refractivity contribution >= 4 is 11.2 Å². The fourth-order valence-corrected chi connectivity index (χ4v) is 1.89. The zero-order valence-electron chi connectivity index (χ0n) is 6.91. The molecule has 1 rings (SSSR count). The molecule has 0 saturated carbocycles. The summed E-state index contributed by atoms with van der Waals surface area (Å²) in [4.78, 5) is 1.27. The minimum Gasteiger partial charge on any atom is -0.168 e. The lowest BCUT2D eigenvalue weighted by Gasteiger charge is -1.97. The smallest absolute Gasteiger partial charge is 0.168 e. The summed E-state index contributed by atoms with van der Waals surface area (Å²) in [7, 11) is 0. The maximum atomic E-state index is 5.46. The van der Waals surface area contributed by atoms with E-state index in [2.05, 4.69) is 18.4 Å². The third-order valence-corrected chi connectivity index (χ3v) is 2.90. The van der Waals surface area contributed by atoms with Crippen LogP contribution in [0, 0.1) is 0 Å². The number of rotatable bonds is 3. The Kier molecular flexibility index (Phi) is 3.46. The van der Waals surface area contributed by atoms with Crippen molar-refractivity contribution in [1.82, 2.24) is 0 Å². The molecule has 0 N–H and O–H groups in total. The molecule has 0 spiro atoms. The highest BCUT2D eigenvalue weighted by Crippen LogP contribution is 2.10. The first-order valence-electron chi connectivity index (χ1n) is 3.69. The Bertz CT molecular complexity index is 198.